The summed E-state index contributed by atoms with van der Waals surface area (Å²) in [5.41, 5.74) is 0.189. The van der Waals surface area contributed by atoms with Crippen molar-refractivity contribution in [2.75, 3.05) is 12.4 Å². The van der Waals surface area contributed by atoms with E-state index in [1.54, 1.807) is 12.1 Å². The van der Waals surface area contributed by atoms with E-state index in [4.69, 9.17) is 26.9 Å². The fourth-order valence-corrected chi connectivity index (χ4v) is 1.37. The number of nitrogens with one attached hydrogen (secondary N) is 1. The molecule has 1 aromatic rings. The van der Waals surface area contributed by atoms with Gasteiger partial charge < -0.3 is 10.1 Å². The number of hydrogen-bond donors (Lipinski definition) is 1. The second kappa shape index (κ2) is 5.74. The molecule has 0 aliphatic rings. The summed E-state index contributed by atoms with van der Waals surface area (Å²) in [6.45, 7) is 0. The summed E-state index contributed by atoms with van der Waals surface area (Å²) < 4.78 is 18.1. The maximum Gasteiger partial charge on any atom is 0.173 e. The molecular weight excluding hydrogens is 245 g/mol. The maximum absolute atomic E-state index is 13.4. The molecule has 0 aromatic heterocycles. The van der Waals surface area contributed by atoms with Gasteiger partial charge in [0, 0.05) is 18.0 Å². The van der Waals surface area contributed by atoms with E-state index in [0.717, 1.165) is 12.3 Å². The summed E-state index contributed by atoms with van der Waals surface area (Å²) in [7, 11) is 1.31. The lowest BCUT2D eigenvalue weighted by molar-refractivity contribution is 0.387. The summed E-state index contributed by atoms with van der Waals surface area (Å²) in [4.78, 5) is 0. The Morgan fingerprint density at radius 2 is 2.12 bits per heavy atom. The van der Waals surface area contributed by atoms with Crippen LogP contribution in [0.5, 0.6) is 5.75 Å². The highest BCUT2D eigenvalue weighted by atomic mass is 35.5. The van der Waals surface area contributed by atoms with Crippen LogP contribution >= 0.6 is 11.6 Å². The van der Waals surface area contributed by atoms with Crippen LogP contribution in [0, 0.1) is 28.5 Å². The minimum absolute atomic E-state index is 0.0537. The molecule has 0 atom stereocenters. The van der Waals surface area contributed by atoms with Gasteiger partial charge in [0.15, 0.2) is 11.6 Å². The Balaban J connectivity index is 3.00. The van der Waals surface area contributed by atoms with Crippen molar-refractivity contribution >= 4 is 17.3 Å². The fraction of sp³-hybridized carbons (Fsp3) is 0.0909. The number of benzene rings is 1. The zero-order valence-corrected chi connectivity index (χ0v) is 9.55. The average Bonchev–Trinajstić information content (AvgIpc) is 2.30. The number of anilines is 1. The van der Waals surface area contributed by atoms with Gasteiger partial charge in [0.05, 0.1) is 12.1 Å². The lowest BCUT2D eigenvalue weighted by Gasteiger charge is -2.07. The van der Waals surface area contributed by atoms with Gasteiger partial charge in [-0.15, -0.1) is 0 Å². The summed E-state index contributed by atoms with van der Waals surface area (Å²) >= 11 is 5.76. The number of nitriles is 2. The number of allylic oxidation sites excluding steroid dienone is 1. The van der Waals surface area contributed by atoms with Gasteiger partial charge in [-0.25, -0.2) is 4.39 Å². The minimum Gasteiger partial charge on any atom is -0.492 e. The Labute approximate surface area is 102 Å². The molecule has 0 radical (unpaired) electrons. The standard InChI is InChI=1S/C11H7ClFN3O/c1-17-11-9(12)2-8(3-10(11)13)16-6-7(4-14)5-15/h2-3,6,16H,1H3. The molecule has 0 fully saturated rings. The summed E-state index contributed by atoms with van der Waals surface area (Å²) in [5, 5.41) is 19.7. The second-order valence-corrected chi connectivity index (χ2v) is 3.31. The highest BCUT2D eigenvalue weighted by Gasteiger charge is 2.09. The van der Waals surface area contributed by atoms with Gasteiger partial charge in [0.1, 0.15) is 17.7 Å². The predicted octanol–water partition coefficient (Wildman–Crippen LogP) is 2.83. The van der Waals surface area contributed by atoms with Crippen LogP contribution in [-0.4, -0.2) is 7.11 Å². The van der Waals surface area contributed by atoms with E-state index < -0.39 is 5.82 Å². The maximum atomic E-state index is 13.4. The van der Waals surface area contributed by atoms with Crippen LogP contribution in [0.25, 0.3) is 0 Å². The van der Waals surface area contributed by atoms with E-state index in [9.17, 15) is 4.39 Å². The van der Waals surface area contributed by atoms with Crippen molar-refractivity contribution in [3.8, 4) is 17.9 Å². The number of methoxy groups -OCH3 is 1. The van der Waals surface area contributed by atoms with Crippen molar-refractivity contribution in [2.24, 2.45) is 0 Å². The third-order valence-electron chi connectivity index (χ3n) is 1.83. The van der Waals surface area contributed by atoms with Crippen LogP contribution in [0.4, 0.5) is 10.1 Å². The monoisotopic (exact) mass is 251 g/mol. The van der Waals surface area contributed by atoms with Crippen molar-refractivity contribution in [2.45, 2.75) is 0 Å². The SMILES string of the molecule is COc1c(F)cc(NC=C(C#N)C#N)cc1Cl. The second-order valence-electron chi connectivity index (χ2n) is 2.90. The Hall–Kier alpha value is -2.24. The molecule has 0 unspecified atom stereocenters. The molecule has 17 heavy (non-hydrogen) atoms. The average molecular weight is 252 g/mol. The van der Waals surface area contributed by atoms with E-state index in [0.29, 0.717) is 5.69 Å². The number of rotatable bonds is 3. The van der Waals surface area contributed by atoms with Gasteiger partial charge in [0.2, 0.25) is 0 Å². The van der Waals surface area contributed by atoms with Gasteiger partial charge in [0.25, 0.3) is 0 Å². The predicted molar refractivity (Wildman–Crippen MR) is 60.9 cm³/mol. The Morgan fingerprint density at radius 3 is 2.59 bits per heavy atom. The first-order valence-electron chi connectivity index (χ1n) is 4.42. The van der Waals surface area contributed by atoms with Gasteiger partial charge in [-0.2, -0.15) is 10.5 Å². The molecule has 0 bridgehead atoms. The number of ether oxygens (including phenoxy) is 1. The quantitative estimate of drug-likeness (QED) is 0.839. The van der Waals surface area contributed by atoms with Crippen molar-refractivity contribution in [3.63, 3.8) is 0 Å². The lowest BCUT2D eigenvalue weighted by atomic mass is 10.2. The highest BCUT2D eigenvalue weighted by Crippen LogP contribution is 2.30. The molecule has 86 valence electrons. The van der Waals surface area contributed by atoms with Crippen LogP contribution < -0.4 is 10.1 Å². The van der Waals surface area contributed by atoms with E-state index in [-0.39, 0.29) is 16.3 Å². The molecule has 1 aromatic carbocycles. The number of hydrogen-bond acceptors (Lipinski definition) is 4. The Morgan fingerprint density at radius 1 is 1.47 bits per heavy atom. The molecule has 0 aliphatic carbocycles. The first kappa shape index (κ1) is 12.8. The molecule has 0 spiro atoms. The van der Waals surface area contributed by atoms with Gasteiger partial charge in [-0.05, 0) is 6.07 Å². The third-order valence-corrected chi connectivity index (χ3v) is 2.11. The smallest absolute Gasteiger partial charge is 0.173 e. The van der Waals surface area contributed by atoms with E-state index >= 15 is 0 Å². The van der Waals surface area contributed by atoms with Gasteiger partial charge in [-0.3, -0.25) is 0 Å². The molecule has 0 amide bonds. The molecule has 0 aliphatic heterocycles. The first-order chi connectivity index (χ1) is 8.12. The van der Waals surface area contributed by atoms with Gasteiger partial charge >= 0.3 is 0 Å². The molecule has 0 heterocycles. The lowest BCUT2D eigenvalue weighted by Crippen LogP contribution is -1.94. The van der Waals surface area contributed by atoms with Crippen molar-refractivity contribution in [1.29, 1.82) is 10.5 Å². The van der Waals surface area contributed by atoms with E-state index in [1.165, 1.54) is 13.2 Å². The highest BCUT2D eigenvalue weighted by molar-refractivity contribution is 6.32. The van der Waals surface area contributed by atoms with Crippen LogP contribution in [-0.2, 0) is 0 Å². The van der Waals surface area contributed by atoms with Crippen LogP contribution in [0.3, 0.4) is 0 Å². The Bertz CT molecular complexity index is 504. The molecule has 1 rings (SSSR count). The van der Waals surface area contributed by atoms with Crippen molar-refractivity contribution < 1.29 is 9.13 Å². The largest absolute Gasteiger partial charge is 0.492 e. The molecular formula is C11H7ClFN3O. The molecule has 0 saturated carbocycles. The minimum atomic E-state index is -0.633. The number of halogens is 2. The van der Waals surface area contributed by atoms with Crippen molar-refractivity contribution in [3.05, 3.63) is 34.7 Å². The first-order valence-corrected chi connectivity index (χ1v) is 4.80. The molecule has 6 heteroatoms. The molecule has 1 N–H and O–H groups in total. The Kier molecular flexibility index (Phi) is 4.33. The summed E-state index contributed by atoms with van der Waals surface area (Å²) in [6, 6.07) is 5.89. The zero-order chi connectivity index (χ0) is 12.8. The van der Waals surface area contributed by atoms with Gasteiger partial charge in [-0.1, -0.05) is 11.6 Å². The third kappa shape index (κ3) is 3.10. The zero-order valence-electron chi connectivity index (χ0n) is 8.79. The molecule has 0 saturated heterocycles. The number of nitrogens with zero attached hydrogens (tertiary/aromatic N) is 2. The van der Waals surface area contributed by atoms with Crippen molar-refractivity contribution in [1.82, 2.24) is 0 Å². The summed E-state index contributed by atoms with van der Waals surface area (Å²) in [6.07, 6.45) is 1.16. The fourth-order valence-electron chi connectivity index (χ4n) is 1.08. The molecule has 4 nitrogen and oxygen atoms in total. The normalized spacial score (nSPS) is 8.76. The topological polar surface area (TPSA) is 68.8 Å². The van der Waals surface area contributed by atoms with Crippen LogP contribution in [0.2, 0.25) is 5.02 Å². The summed E-state index contributed by atoms with van der Waals surface area (Å²) in [5.74, 6) is -0.687. The van der Waals surface area contributed by atoms with Crippen LogP contribution in [0.15, 0.2) is 23.9 Å². The van der Waals surface area contributed by atoms with E-state index in [1.807, 2.05) is 0 Å². The van der Waals surface area contributed by atoms with Crippen LogP contribution in [0.1, 0.15) is 0 Å². The van der Waals surface area contributed by atoms with E-state index in [2.05, 4.69) is 5.32 Å².